The van der Waals surface area contributed by atoms with E-state index in [1.165, 1.54) is 0 Å². The van der Waals surface area contributed by atoms with Gasteiger partial charge in [0.15, 0.2) is 0 Å². The van der Waals surface area contributed by atoms with Gasteiger partial charge in [0.1, 0.15) is 17.2 Å². The molecule has 0 bridgehead atoms. The largest absolute Gasteiger partial charge is 0.460 e. The molecule has 0 spiro atoms. The van der Waals surface area contributed by atoms with Gasteiger partial charge in [-0.1, -0.05) is 27.2 Å². The third-order valence-corrected chi connectivity index (χ3v) is 5.75. The number of urea groups is 1. The molecule has 0 heterocycles. The minimum Gasteiger partial charge on any atom is -0.460 e. The molecule has 0 aliphatic rings. The van der Waals surface area contributed by atoms with Gasteiger partial charge in [-0.15, -0.1) is 0 Å². The number of nitrogens with one attached hydrogen (secondary N) is 3. The molecule has 0 saturated heterocycles. The van der Waals surface area contributed by atoms with Gasteiger partial charge in [0.2, 0.25) is 5.91 Å². The van der Waals surface area contributed by atoms with Crippen molar-refractivity contribution in [3.8, 4) is 0 Å². The maximum absolute atomic E-state index is 13.0. The molecular weight excluding hydrogens is 500 g/mol. The van der Waals surface area contributed by atoms with Crippen LogP contribution in [-0.2, 0) is 23.9 Å². The predicted octanol–water partition coefficient (Wildman–Crippen LogP) is 4.34. The summed E-state index contributed by atoms with van der Waals surface area (Å²) in [5.41, 5.74) is 3.86. The Bertz CT molecular complexity index is 765. The van der Waals surface area contributed by atoms with Gasteiger partial charge in [0, 0.05) is 25.4 Å². The quantitative estimate of drug-likeness (QED) is 0.163. The summed E-state index contributed by atoms with van der Waals surface area (Å²) in [5, 5.41) is 8.66. The van der Waals surface area contributed by atoms with Gasteiger partial charge in [0.05, 0.1) is 0 Å². The van der Waals surface area contributed by atoms with E-state index in [4.69, 9.17) is 15.2 Å². The monoisotopic (exact) mass is 556 g/mol. The van der Waals surface area contributed by atoms with Crippen LogP contribution in [-0.4, -0.2) is 60.3 Å². The van der Waals surface area contributed by atoms with Crippen molar-refractivity contribution in [1.82, 2.24) is 16.0 Å². The van der Waals surface area contributed by atoms with E-state index < -0.39 is 35.2 Å². The molecule has 228 valence electrons. The van der Waals surface area contributed by atoms with Crippen molar-refractivity contribution in [3.63, 3.8) is 0 Å². The van der Waals surface area contributed by atoms with E-state index in [9.17, 15) is 19.2 Å². The van der Waals surface area contributed by atoms with Crippen LogP contribution in [0.25, 0.3) is 0 Å². The highest BCUT2D eigenvalue weighted by molar-refractivity contribution is 5.84. The number of unbranched alkanes of at least 4 members (excludes halogenated alkanes) is 3. The third-order valence-electron chi connectivity index (χ3n) is 5.75. The molecule has 2 atom stereocenters. The number of carbonyl (C=O) groups excluding carboxylic acids is 4. The van der Waals surface area contributed by atoms with Crippen LogP contribution in [0.2, 0.25) is 0 Å². The molecule has 0 radical (unpaired) electrons. The van der Waals surface area contributed by atoms with E-state index in [0.717, 1.165) is 32.1 Å². The predicted molar refractivity (Wildman–Crippen MR) is 154 cm³/mol. The van der Waals surface area contributed by atoms with Gasteiger partial charge < -0.3 is 31.2 Å². The fourth-order valence-electron chi connectivity index (χ4n) is 3.75. The summed E-state index contributed by atoms with van der Waals surface area (Å²) in [6, 6.07) is -1.67. The molecule has 0 fully saturated rings. The summed E-state index contributed by atoms with van der Waals surface area (Å²) in [5.74, 6) is -1.00. The second-order valence-corrected chi connectivity index (χ2v) is 13.2. The molecule has 0 rings (SSSR count). The molecule has 0 unspecified atom stereocenters. The molecule has 0 aromatic heterocycles. The molecule has 5 N–H and O–H groups in total. The first-order valence-electron chi connectivity index (χ1n) is 14.3. The first kappa shape index (κ1) is 36.6. The van der Waals surface area contributed by atoms with Gasteiger partial charge in [-0.2, -0.15) is 0 Å². The zero-order chi connectivity index (χ0) is 30.3. The van der Waals surface area contributed by atoms with Gasteiger partial charge >= 0.3 is 18.0 Å². The average Bonchev–Trinajstić information content (AvgIpc) is 2.75. The van der Waals surface area contributed by atoms with Gasteiger partial charge in [-0.3, -0.25) is 9.59 Å². The van der Waals surface area contributed by atoms with Crippen molar-refractivity contribution in [1.29, 1.82) is 0 Å². The Kier molecular flexibility index (Phi) is 16.3. The van der Waals surface area contributed by atoms with Crippen molar-refractivity contribution in [3.05, 3.63) is 0 Å². The maximum Gasteiger partial charge on any atom is 0.329 e. The fraction of sp³-hybridized carbons (Fsp3) is 0.862. The molecule has 0 aliphatic carbocycles. The summed E-state index contributed by atoms with van der Waals surface area (Å²) in [6.45, 7) is 17.9. The normalized spacial score (nSPS) is 13.7. The highest BCUT2D eigenvalue weighted by Crippen LogP contribution is 2.23. The lowest BCUT2D eigenvalue weighted by Crippen LogP contribution is -2.53. The number of nitrogens with two attached hydrogens (primary N) is 1. The lowest BCUT2D eigenvalue weighted by Gasteiger charge is -2.32. The molecule has 0 aromatic carbocycles. The topological polar surface area (TPSA) is 149 Å². The maximum atomic E-state index is 13.0. The molecular formula is C29H56N4O6. The van der Waals surface area contributed by atoms with Crippen molar-refractivity contribution in [2.75, 3.05) is 13.1 Å². The van der Waals surface area contributed by atoms with Crippen LogP contribution in [0.4, 0.5) is 4.79 Å². The summed E-state index contributed by atoms with van der Waals surface area (Å²) in [6.07, 6.45) is 5.58. The summed E-state index contributed by atoms with van der Waals surface area (Å²) in [4.78, 5) is 49.9. The standard InChI is InChI=1S/C29H56N4O6/c1-27(2,3)22(15-12-14-20-31-23(34)16-11-10-13-19-30)33-26(37)32-21(25(36)39-29(7,8)9)17-18-24(35)38-28(4,5)6/h21-22H,10-20,30H2,1-9H3,(H,31,34)(H2,32,33,37)/t21-,22-/m0/s1. The van der Waals surface area contributed by atoms with Crippen LogP contribution in [0.5, 0.6) is 0 Å². The second-order valence-electron chi connectivity index (χ2n) is 13.2. The Balaban J connectivity index is 4.95. The van der Waals surface area contributed by atoms with Crippen LogP contribution in [0.3, 0.4) is 0 Å². The van der Waals surface area contributed by atoms with Crippen molar-refractivity contribution < 1.29 is 28.7 Å². The Morgan fingerprint density at radius 2 is 1.33 bits per heavy atom. The number of carbonyl (C=O) groups is 4. The Hall–Kier alpha value is -2.36. The van der Waals surface area contributed by atoms with E-state index in [-0.39, 0.29) is 30.2 Å². The third kappa shape index (κ3) is 20.2. The van der Waals surface area contributed by atoms with Crippen LogP contribution < -0.4 is 21.7 Å². The van der Waals surface area contributed by atoms with E-state index in [1.807, 2.05) is 20.8 Å². The minimum absolute atomic E-state index is 0.0388. The van der Waals surface area contributed by atoms with Crippen molar-refractivity contribution in [2.24, 2.45) is 11.1 Å². The fourth-order valence-corrected chi connectivity index (χ4v) is 3.75. The molecule has 10 nitrogen and oxygen atoms in total. The smallest absolute Gasteiger partial charge is 0.329 e. The number of ether oxygens (including phenoxy) is 2. The Morgan fingerprint density at radius 1 is 0.718 bits per heavy atom. The molecule has 10 heteroatoms. The number of esters is 2. The molecule has 39 heavy (non-hydrogen) atoms. The first-order chi connectivity index (χ1) is 17.8. The SMILES string of the molecule is CC(C)(C)OC(=O)CC[C@H](NC(=O)N[C@@H](CCCCNC(=O)CCCCCN)C(C)(C)C)C(=O)OC(C)(C)C. The van der Waals surface area contributed by atoms with Crippen molar-refractivity contribution >= 4 is 23.9 Å². The van der Waals surface area contributed by atoms with E-state index in [2.05, 4.69) is 16.0 Å². The molecule has 3 amide bonds. The van der Waals surface area contributed by atoms with Gasteiger partial charge in [-0.25, -0.2) is 9.59 Å². The van der Waals surface area contributed by atoms with E-state index in [1.54, 1.807) is 41.5 Å². The lowest BCUT2D eigenvalue weighted by atomic mass is 9.84. The molecule has 0 aromatic rings. The minimum atomic E-state index is -1.00. The van der Waals surface area contributed by atoms with Crippen LogP contribution in [0, 0.1) is 5.41 Å². The number of hydrogen-bond acceptors (Lipinski definition) is 7. The number of rotatable bonds is 16. The highest BCUT2D eigenvalue weighted by atomic mass is 16.6. The van der Waals surface area contributed by atoms with Crippen LogP contribution in [0.1, 0.15) is 120 Å². The number of hydrogen-bond donors (Lipinski definition) is 4. The van der Waals surface area contributed by atoms with Crippen LogP contribution >= 0.6 is 0 Å². The van der Waals surface area contributed by atoms with E-state index in [0.29, 0.717) is 25.9 Å². The molecule has 0 saturated carbocycles. The number of amides is 3. The summed E-state index contributed by atoms with van der Waals surface area (Å²) >= 11 is 0. The van der Waals surface area contributed by atoms with Crippen LogP contribution in [0.15, 0.2) is 0 Å². The van der Waals surface area contributed by atoms with Crippen molar-refractivity contribution in [2.45, 2.75) is 143 Å². The summed E-state index contributed by atoms with van der Waals surface area (Å²) in [7, 11) is 0. The highest BCUT2D eigenvalue weighted by Gasteiger charge is 2.31. The summed E-state index contributed by atoms with van der Waals surface area (Å²) < 4.78 is 10.8. The first-order valence-corrected chi connectivity index (χ1v) is 14.3. The zero-order valence-corrected chi connectivity index (χ0v) is 26.0. The zero-order valence-electron chi connectivity index (χ0n) is 26.0. The van der Waals surface area contributed by atoms with Gasteiger partial charge in [-0.05, 0) is 92.0 Å². The van der Waals surface area contributed by atoms with E-state index >= 15 is 0 Å². The Labute approximate surface area is 236 Å². The Morgan fingerprint density at radius 3 is 1.87 bits per heavy atom. The molecule has 0 aliphatic heterocycles. The lowest BCUT2D eigenvalue weighted by molar-refractivity contribution is -0.158. The second kappa shape index (κ2) is 17.4. The van der Waals surface area contributed by atoms with Gasteiger partial charge in [0.25, 0.3) is 0 Å². The average molecular weight is 557 g/mol.